The predicted molar refractivity (Wildman–Crippen MR) is 106 cm³/mol. The van der Waals surface area contributed by atoms with Crippen molar-refractivity contribution in [2.45, 2.75) is 6.82 Å². The van der Waals surface area contributed by atoms with Crippen molar-refractivity contribution >= 4 is 50.2 Å². The quantitative estimate of drug-likeness (QED) is 0.524. The summed E-state index contributed by atoms with van der Waals surface area (Å²) in [5, 5.41) is 0.846. The van der Waals surface area contributed by atoms with E-state index in [0.29, 0.717) is 10.2 Å². The number of anilines is 1. The molecule has 3 aromatic heterocycles. The van der Waals surface area contributed by atoms with E-state index in [1.54, 1.807) is 25.6 Å². The molecule has 0 spiro atoms. The van der Waals surface area contributed by atoms with Gasteiger partial charge in [-0.05, 0) is 18.2 Å². The molecule has 0 atom stereocenters. The van der Waals surface area contributed by atoms with Gasteiger partial charge < -0.3 is 4.90 Å². The average Bonchev–Trinajstić information content (AvgIpc) is 3.02. The largest absolute Gasteiger partial charge is 0.377 e. The molecule has 0 N–H and O–H groups in total. The maximum Gasteiger partial charge on any atom is 0.276 e. The van der Waals surface area contributed by atoms with E-state index < -0.39 is 5.82 Å². The van der Waals surface area contributed by atoms with Crippen molar-refractivity contribution in [1.29, 1.82) is 0 Å². The van der Waals surface area contributed by atoms with Gasteiger partial charge in [-0.2, -0.15) is 0 Å². The van der Waals surface area contributed by atoms with Gasteiger partial charge in [0.2, 0.25) is 0 Å². The zero-order chi connectivity index (χ0) is 18.4. The van der Waals surface area contributed by atoms with E-state index in [-0.39, 0.29) is 11.2 Å². The summed E-state index contributed by atoms with van der Waals surface area (Å²) in [4.78, 5) is 24.5. The minimum Gasteiger partial charge on any atom is -0.377 e. The van der Waals surface area contributed by atoms with Crippen molar-refractivity contribution in [1.82, 2.24) is 14.5 Å². The molecule has 0 aliphatic rings. The molecule has 0 saturated heterocycles. The van der Waals surface area contributed by atoms with Crippen molar-refractivity contribution in [3.05, 3.63) is 53.0 Å². The third-order valence-electron chi connectivity index (χ3n) is 4.31. The average molecular weight is 365 g/mol. The molecule has 5 nitrogen and oxygen atoms in total. The van der Waals surface area contributed by atoms with Crippen LogP contribution in [0.4, 0.5) is 10.1 Å². The molecule has 0 aliphatic carbocycles. The predicted octanol–water partition coefficient (Wildman–Crippen LogP) is 2.58. The molecule has 0 saturated carbocycles. The van der Waals surface area contributed by atoms with E-state index in [1.807, 2.05) is 31.9 Å². The fourth-order valence-corrected chi connectivity index (χ4v) is 4.03. The number of hydrogen-bond donors (Lipinski definition) is 0. The van der Waals surface area contributed by atoms with Gasteiger partial charge in [-0.3, -0.25) is 9.36 Å². The Morgan fingerprint density at radius 1 is 1.23 bits per heavy atom. The molecule has 0 fully saturated rings. The van der Waals surface area contributed by atoms with Crippen molar-refractivity contribution in [2.75, 3.05) is 19.0 Å². The zero-order valence-corrected chi connectivity index (χ0v) is 15.3. The molecule has 8 heteroatoms. The Labute approximate surface area is 154 Å². The third-order valence-corrected chi connectivity index (χ3v) is 5.38. The zero-order valence-electron chi connectivity index (χ0n) is 14.5. The van der Waals surface area contributed by atoms with Gasteiger partial charge in [0.05, 0.1) is 22.3 Å². The van der Waals surface area contributed by atoms with Gasteiger partial charge in [0.25, 0.3) is 5.56 Å². The summed E-state index contributed by atoms with van der Waals surface area (Å²) in [6.45, 7) is 1.83. The van der Waals surface area contributed by atoms with Gasteiger partial charge >= 0.3 is 0 Å². The highest BCUT2D eigenvalue weighted by atomic mass is 32.1. The van der Waals surface area contributed by atoms with Crippen LogP contribution in [0.25, 0.3) is 26.1 Å². The Hall–Kier alpha value is -2.74. The molecule has 0 unspecified atom stereocenters. The Kier molecular flexibility index (Phi) is 3.99. The van der Waals surface area contributed by atoms with Gasteiger partial charge in [-0.15, -0.1) is 11.3 Å². The van der Waals surface area contributed by atoms with Crippen molar-refractivity contribution in [3.8, 4) is 5.69 Å². The van der Waals surface area contributed by atoms with Crippen LogP contribution in [0.1, 0.15) is 0 Å². The summed E-state index contributed by atoms with van der Waals surface area (Å²) in [5.41, 5.74) is 2.19. The number of halogens is 1. The van der Waals surface area contributed by atoms with Crippen molar-refractivity contribution in [3.63, 3.8) is 0 Å². The summed E-state index contributed by atoms with van der Waals surface area (Å²) in [5.74, 6) is -0.461. The molecule has 4 rings (SSSR count). The number of benzene rings is 1. The van der Waals surface area contributed by atoms with Crippen molar-refractivity contribution < 1.29 is 4.39 Å². The van der Waals surface area contributed by atoms with Gasteiger partial charge in [-0.25, -0.2) is 14.4 Å². The molecule has 4 aromatic rings. The number of thiophene rings is 1. The highest BCUT2D eigenvalue weighted by molar-refractivity contribution is 7.25. The van der Waals surface area contributed by atoms with Crippen LogP contribution in [-0.4, -0.2) is 35.9 Å². The number of pyridine rings is 1. The fourth-order valence-electron chi connectivity index (χ4n) is 2.98. The fraction of sp³-hybridized carbons (Fsp3) is 0.167. The monoisotopic (exact) mass is 365 g/mol. The first-order valence-corrected chi connectivity index (χ1v) is 8.88. The van der Waals surface area contributed by atoms with Gasteiger partial charge in [-0.1, -0.05) is 18.4 Å². The lowest BCUT2D eigenvalue weighted by molar-refractivity contribution is 0.617. The number of rotatable bonds is 3. The van der Waals surface area contributed by atoms with E-state index in [0.717, 1.165) is 21.4 Å². The molecule has 1 radical (unpaired) electrons. The lowest BCUT2D eigenvalue weighted by Crippen LogP contribution is -2.20. The second kappa shape index (κ2) is 6.21. The summed E-state index contributed by atoms with van der Waals surface area (Å²) < 4.78 is 16.2. The number of fused-ring (bicyclic) bond motifs is 3. The smallest absolute Gasteiger partial charge is 0.276 e. The summed E-state index contributed by atoms with van der Waals surface area (Å²) in [6.07, 6.45) is 3.10. The maximum absolute atomic E-state index is 14.5. The van der Waals surface area contributed by atoms with Gasteiger partial charge in [0.15, 0.2) is 0 Å². The Morgan fingerprint density at radius 2 is 2.04 bits per heavy atom. The topological polar surface area (TPSA) is 51.0 Å². The Balaban J connectivity index is 2.01. The van der Waals surface area contributed by atoms with Crippen LogP contribution in [0.5, 0.6) is 0 Å². The summed E-state index contributed by atoms with van der Waals surface area (Å²) in [6, 6.07) is 6.66. The Morgan fingerprint density at radius 3 is 2.73 bits per heavy atom. The second-order valence-corrected chi connectivity index (χ2v) is 7.10. The highest BCUT2D eigenvalue weighted by Gasteiger charge is 2.18. The first-order valence-electron chi connectivity index (χ1n) is 8.06. The second-order valence-electron chi connectivity index (χ2n) is 6.10. The van der Waals surface area contributed by atoms with E-state index in [9.17, 15) is 9.18 Å². The highest BCUT2D eigenvalue weighted by Crippen LogP contribution is 2.35. The lowest BCUT2D eigenvalue weighted by atomic mass is 9.73. The minimum absolute atomic E-state index is 0.188. The number of nitrogens with zero attached hydrogens (tertiary/aromatic N) is 4. The molecule has 26 heavy (non-hydrogen) atoms. The lowest BCUT2D eigenvalue weighted by Gasteiger charge is -2.13. The van der Waals surface area contributed by atoms with Crippen molar-refractivity contribution in [2.24, 2.45) is 0 Å². The number of hydrogen-bond acceptors (Lipinski definition) is 5. The van der Waals surface area contributed by atoms with E-state index in [2.05, 4.69) is 9.97 Å². The maximum atomic E-state index is 14.5. The molecule has 1 aromatic carbocycles. The minimum atomic E-state index is -0.461. The first-order chi connectivity index (χ1) is 12.5. The molecular weight excluding hydrogens is 350 g/mol. The molecule has 0 bridgehead atoms. The molecule has 129 valence electrons. The first kappa shape index (κ1) is 16.7. The number of aromatic nitrogens is 3. The summed E-state index contributed by atoms with van der Waals surface area (Å²) >= 11 is 1.28. The molecule has 0 amide bonds. The van der Waals surface area contributed by atoms with Crippen LogP contribution < -0.4 is 15.9 Å². The van der Waals surface area contributed by atoms with Crippen LogP contribution in [0.2, 0.25) is 6.82 Å². The van der Waals surface area contributed by atoms with Crippen LogP contribution in [-0.2, 0) is 0 Å². The summed E-state index contributed by atoms with van der Waals surface area (Å²) in [7, 11) is 5.67. The van der Waals surface area contributed by atoms with E-state index in [4.69, 9.17) is 0 Å². The SMILES string of the molecule is C[B]c1ccc(-n2cnc3c(sc4nccc(N(C)C)c43)c2=O)c(F)c1. The van der Waals surface area contributed by atoms with Crippen LogP contribution in [0, 0.1) is 5.82 Å². The van der Waals surface area contributed by atoms with Crippen LogP contribution >= 0.6 is 11.3 Å². The van der Waals surface area contributed by atoms with E-state index >= 15 is 0 Å². The van der Waals surface area contributed by atoms with Gasteiger partial charge in [0.1, 0.15) is 29.0 Å². The normalized spacial score (nSPS) is 11.2. The Bertz CT molecular complexity index is 1200. The third kappa shape index (κ3) is 2.49. The van der Waals surface area contributed by atoms with Gasteiger partial charge in [0, 0.05) is 20.3 Å². The molecule has 0 aliphatic heterocycles. The standard InChI is InChI=1S/C18H15BFN4OS/c1-19-10-4-5-12(11(20)8-10)24-9-22-15-14-13(23(2)3)6-7-21-17(14)26-16(15)18(24)25/h4-9H,1-3H3. The molecule has 3 heterocycles. The van der Waals surface area contributed by atoms with Crippen LogP contribution in [0.15, 0.2) is 41.6 Å². The molecular formula is C18H15BFN4OS. The van der Waals surface area contributed by atoms with Crippen LogP contribution in [0.3, 0.4) is 0 Å². The van der Waals surface area contributed by atoms with E-state index in [1.165, 1.54) is 28.3 Å².